The largest absolute Gasteiger partial charge is 0.480 e. The number of sulfone groups is 1. The van der Waals surface area contributed by atoms with Gasteiger partial charge in [0.2, 0.25) is 5.88 Å². The van der Waals surface area contributed by atoms with Gasteiger partial charge in [-0.05, 0) is 38.0 Å². The lowest BCUT2D eigenvalue weighted by Crippen LogP contribution is -2.59. The molecule has 1 unspecified atom stereocenters. The molecule has 0 fully saturated rings. The van der Waals surface area contributed by atoms with Crippen LogP contribution in [0, 0.1) is 11.7 Å². The Morgan fingerprint density at radius 1 is 1.25 bits per heavy atom. The number of nitrogens with zero attached hydrogens (tertiary/aromatic N) is 3. The fourth-order valence-electron chi connectivity index (χ4n) is 3.63. The van der Waals surface area contributed by atoms with Crippen molar-refractivity contribution in [3.05, 3.63) is 47.7 Å². The van der Waals surface area contributed by atoms with Crippen LogP contribution in [0.25, 0.3) is 0 Å². The summed E-state index contributed by atoms with van der Waals surface area (Å²) in [5.74, 6) is -1.79. The van der Waals surface area contributed by atoms with Crippen LogP contribution in [0.4, 0.5) is 10.1 Å². The maximum Gasteiger partial charge on any atom is 0.275 e. The average molecular weight is 464 g/mol. The third-order valence-corrected chi connectivity index (χ3v) is 8.88. The van der Waals surface area contributed by atoms with Gasteiger partial charge in [-0.25, -0.2) is 22.8 Å². The first-order valence-corrected chi connectivity index (χ1v) is 11.5. The van der Waals surface area contributed by atoms with E-state index in [1.807, 2.05) is 0 Å². The first-order chi connectivity index (χ1) is 14.8. The van der Waals surface area contributed by atoms with Gasteiger partial charge >= 0.3 is 0 Å². The highest BCUT2D eigenvalue weighted by atomic mass is 32.2. The molecule has 1 amide bonds. The van der Waals surface area contributed by atoms with Crippen LogP contribution in [-0.4, -0.2) is 47.7 Å². The molecule has 172 valence electrons. The lowest BCUT2D eigenvalue weighted by Gasteiger charge is -2.42. The molecule has 0 spiro atoms. The van der Waals surface area contributed by atoms with E-state index in [-0.39, 0.29) is 34.6 Å². The van der Waals surface area contributed by atoms with E-state index in [2.05, 4.69) is 20.3 Å². The summed E-state index contributed by atoms with van der Waals surface area (Å²) >= 11 is 0. The maximum atomic E-state index is 14.8. The Kier molecular flexibility index (Phi) is 5.98. The number of hydrogen-bond acceptors (Lipinski definition) is 8. The summed E-state index contributed by atoms with van der Waals surface area (Å²) < 4.78 is 44.7. The van der Waals surface area contributed by atoms with Gasteiger partial charge in [0.05, 0.1) is 25.3 Å². The third-order valence-electron chi connectivity index (χ3n) is 5.97. The van der Waals surface area contributed by atoms with E-state index in [4.69, 9.17) is 10.5 Å². The second-order valence-electron chi connectivity index (χ2n) is 8.38. The number of nitrogens with two attached hydrogens (primary N) is 1. The lowest BCUT2D eigenvalue weighted by atomic mass is 9.90. The van der Waals surface area contributed by atoms with Gasteiger partial charge < -0.3 is 15.8 Å². The topological polar surface area (TPSA) is 137 Å². The zero-order chi connectivity index (χ0) is 23.9. The second-order valence-corrected chi connectivity index (χ2v) is 10.8. The van der Waals surface area contributed by atoms with Crippen LogP contribution in [0.15, 0.2) is 35.6 Å². The van der Waals surface area contributed by atoms with E-state index in [1.54, 1.807) is 13.8 Å². The molecule has 3 rings (SSSR count). The molecule has 1 aliphatic heterocycles. The zero-order valence-electron chi connectivity index (χ0n) is 18.5. The molecule has 1 aromatic carbocycles. The van der Waals surface area contributed by atoms with Crippen LogP contribution in [0.3, 0.4) is 0 Å². The van der Waals surface area contributed by atoms with E-state index in [0.717, 1.165) is 6.07 Å². The van der Waals surface area contributed by atoms with Crippen LogP contribution in [0.2, 0.25) is 0 Å². The fraction of sp³-hybridized carbons (Fsp3) is 0.429. The summed E-state index contributed by atoms with van der Waals surface area (Å²) in [4.78, 5) is 24.8. The minimum Gasteiger partial charge on any atom is -0.480 e. The van der Waals surface area contributed by atoms with Crippen molar-refractivity contribution in [2.45, 2.75) is 38.0 Å². The number of amides is 1. The second kappa shape index (κ2) is 8.12. The molecule has 32 heavy (non-hydrogen) atoms. The molecule has 1 aliphatic rings. The van der Waals surface area contributed by atoms with E-state index >= 15 is 0 Å². The normalized spacial score (nSPS) is 24.7. The number of ether oxygens (including phenoxy) is 1. The number of benzene rings is 1. The van der Waals surface area contributed by atoms with Crippen molar-refractivity contribution in [1.82, 2.24) is 9.97 Å². The smallest absolute Gasteiger partial charge is 0.275 e. The van der Waals surface area contributed by atoms with Crippen molar-refractivity contribution in [3.63, 3.8) is 0 Å². The van der Waals surface area contributed by atoms with E-state index in [0.29, 0.717) is 0 Å². The Balaban J connectivity index is 1.98. The maximum absolute atomic E-state index is 14.8. The van der Waals surface area contributed by atoms with Crippen LogP contribution in [-0.2, 0) is 15.4 Å². The van der Waals surface area contributed by atoms with Crippen molar-refractivity contribution < 1.29 is 22.3 Å². The van der Waals surface area contributed by atoms with Crippen LogP contribution in [0.5, 0.6) is 5.88 Å². The predicted molar refractivity (Wildman–Crippen MR) is 119 cm³/mol. The highest BCUT2D eigenvalue weighted by molar-refractivity contribution is 7.93. The molecule has 11 heteroatoms. The number of aromatic nitrogens is 2. The number of aliphatic imine (C=N–C) groups is 1. The number of methoxy groups -OCH3 is 1. The van der Waals surface area contributed by atoms with Gasteiger partial charge in [-0.1, -0.05) is 13.8 Å². The Labute approximate surface area is 186 Å². The Hall–Kier alpha value is -3.08. The van der Waals surface area contributed by atoms with E-state index < -0.39 is 37.6 Å². The van der Waals surface area contributed by atoms with Gasteiger partial charge in [0.1, 0.15) is 27.6 Å². The average Bonchev–Trinajstić information content (AvgIpc) is 2.72. The van der Waals surface area contributed by atoms with E-state index in [9.17, 15) is 17.6 Å². The molecule has 0 saturated heterocycles. The third kappa shape index (κ3) is 3.92. The first-order valence-electron chi connectivity index (χ1n) is 9.89. The fourth-order valence-corrected chi connectivity index (χ4v) is 5.97. The minimum atomic E-state index is -3.77. The monoisotopic (exact) mass is 463 g/mol. The van der Waals surface area contributed by atoms with Gasteiger partial charge in [0.25, 0.3) is 5.91 Å². The van der Waals surface area contributed by atoms with Gasteiger partial charge in [-0.15, -0.1) is 0 Å². The highest BCUT2D eigenvalue weighted by Gasteiger charge is 2.53. The lowest BCUT2D eigenvalue weighted by molar-refractivity contribution is 0.102. The van der Waals surface area contributed by atoms with Crippen molar-refractivity contribution >= 4 is 27.3 Å². The van der Waals surface area contributed by atoms with Crippen LogP contribution in [0.1, 0.15) is 43.7 Å². The Morgan fingerprint density at radius 3 is 2.47 bits per heavy atom. The van der Waals surface area contributed by atoms with Gasteiger partial charge in [-0.2, -0.15) is 0 Å². The van der Waals surface area contributed by atoms with Crippen LogP contribution < -0.4 is 15.8 Å². The number of halogens is 1. The van der Waals surface area contributed by atoms with Crippen molar-refractivity contribution in [1.29, 1.82) is 0 Å². The van der Waals surface area contributed by atoms with Gasteiger partial charge in [0, 0.05) is 11.3 Å². The van der Waals surface area contributed by atoms with Gasteiger partial charge in [-0.3, -0.25) is 9.79 Å². The number of amidine groups is 1. The summed E-state index contributed by atoms with van der Waals surface area (Å²) in [6.45, 7) is 6.55. The summed E-state index contributed by atoms with van der Waals surface area (Å²) in [6, 6.07) is 3.86. The predicted octanol–water partition coefficient (Wildman–Crippen LogP) is 2.29. The summed E-state index contributed by atoms with van der Waals surface area (Å²) in [5, 5.41) is 2.61. The molecule has 2 aromatic rings. The molecule has 0 radical (unpaired) electrons. The zero-order valence-corrected chi connectivity index (χ0v) is 19.3. The first kappa shape index (κ1) is 23.6. The minimum absolute atomic E-state index is 0.00782. The number of hydrogen-bond donors (Lipinski definition) is 2. The standard InChI is InChI=1S/C21H26FN5O4S/c1-12(2)21(4)19(23)27-20(3,11-32(21,29)30)14-8-13(6-7-15(14)22)26-18(28)16-9-25-17(31-5)10-24-16/h6-10,12H,11H2,1-5H3,(H2,23,27)(H,26,28)/t20-,21?/m0/s1. The van der Waals surface area contributed by atoms with Gasteiger partial charge in [0.15, 0.2) is 9.84 Å². The number of carbonyl (C=O) groups excluding carboxylic acids is 1. The number of carbonyl (C=O) groups is 1. The molecule has 3 N–H and O–H groups in total. The SMILES string of the molecule is COc1cnc(C(=O)Nc2ccc(F)c([C@]3(C)CS(=O)(=O)C(C)(C(C)C)C(N)=N3)c2)cn1. The summed E-state index contributed by atoms with van der Waals surface area (Å²) in [7, 11) is -2.34. The molecule has 2 heterocycles. The summed E-state index contributed by atoms with van der Waals surface area (Å²) in [6.07, 6.45) is 2.54. The number of nitrogens with one attached hydrogen (secondary N) is 1. The Bertz CT molecular complexity index is 1180. The molecule has 0 aliphatic carbocycles. The molecule has 0 bridgehead atoms. The van der Waals surface area contributed by atoms with Crippen molar-refractivity contribution in [3.8, 4) is 5.88 Å². The summed E-state index contributed by atoms with van der Waals surface area (Å²) in [5.41, 5.74) is 4.95. The quantitative estimate of drug-likeness (QED) is 0.694. The number of rotatable bonds is 5. The molecule has 9 nitrogen and oxygen atoms in total. The number of anilines is 1. The van der Waals surface area contributed by atoms with Crippen molar-refractivity contribution in [2.75, 3.05) is 18.2 Å². The highest BCUT2D eigenvalue weighted by Crippen LogP contribution is 2.41. The van der Waals surface area contributed by atoms with Crippen LogP contribution >= 0.6 is 0 Å². The Morgan fingerprint density at radius 2 is 1.94 bits per heavy atom. The molecular weight excluding hydrogens is 437 g/mol. The molecule has 1 aromatic heterocycles. The molecular formula is C21H26FN5O4S. The van der Waals surface area contributed by atoms with Crippen molar-refractivity contribution in [2.24, 2.45) is 16.6 Å². The molecule has 0 saturated carbocycles. The molecule has 2 atom stereocenters. The van der Waals surface area contributed by atoms with E-state index in [1.165, 1.54) is 45.5 Å².